The summed E-state index contributed by atoms with van der Waals surface area (Å²) >= 11 is 0. The second kappa shape index (κ2) is 9.91. The highest BCUT2D eigenvalue weighted by atomic mass is 19.4. The number of carbonyl (C=O) groups is 2. The normalized spacial score (nSPS) is 15.9. The van der Waals surface area contributed by atoms with Crippen LogP contribution in [0.1, 0.15) is 27.2 Å². The minimum atomic E-state index is -8.83. The van der Waals surface area contributed by atoms with Crippen LogP contribution in [0.5, 0.6) is 0 Å². The first-order valence-corrected chi connectivity index (χ1v) is 9.26. The molecule has 0 bridgehead atoms. The molecule has 38 heavy (non-hydrogen) atoms. The summed E-state index contributed by atoms with van der Waals surface area (Å²) in [7, 11) is 0. The number of carboxylic acids is 1. The molecule has 0 aromatic rings. The van der Waals surface area contributed by atoms with E-state index in [9.17, 15) is 84.2 Å². The molecule has 0 amide bonds. The number of hydrogen-bond donors (Lipinski definition) is 1. The first kappa shape index (κ1) is 35.5. The zero-order chi connectivity index (χ0) is 31.3. The van der Waals surface area contributed by atoms with Gasteiger partial charge in [0.1, 0.15) is 0 Å². The van der Waals surface area contributed by atoms with Gasteiger partial charge in [-0.05, 0) is 12.3 Å². The van der Waals surface area contributed by atoms with Crippen LogP contribution in [0.3, 0.4) is 0 Å². The van der Waals surface area contributed by atoms with Crippen molar-refractivity contribution < 1.29 is 94.1 Å². The average Bonchev–Trinajstić information content (AvgIpc) is 2.68. The smallest absolute Gasteiger partial charge is 0.473 e. The Labute approximate surface area is 199 Å². The van der Waals surface area contributed by atoms with Crippen molar-refractivity contribution in [3.8, 4) is 0 Å². The van der Waals surface area contributed by atoms with Crippen LogP contribution < -0.4 is 0 Å². The molecule has 0 saturated heterocycles. The van der Waals surface area contributed by atoms with E-state index in [1.54, 1.807) is 0 Å². The zero-order valence-corrected chi connectivity index (χ0v) is 18.4. The highest BCUT2D eigenvalue weighted by molar-refractivity contribution is 6.00. The molecular weight excluding hydrogens is 591 g/mol. The Bertz CT molecular complexity index is 947. The van der Waals surface area contributed by atoms with Crippen molar-refractivity contribution in [1.82, 2.24) is 0 Å². The Hall–Kier alpha value is -2.51. The Morgan fingerprint density at radius 3 is 1.21 bits per heavy atom. The summed E-state index contributed by atoms with van der Waals surface area (Å²) in [6, 6.07) is 0. The van der Waals surface area contributed by atoms with Crippen LogP contribution in [0, 0.1) is 5.92 Å². The molecule has 1 N–H and O–H groups in total. The van der Waals surface area contributed by atoms with Crippen LogP contribution in [-0.2, 0) is 14.3 Å². The van der Waals surface area contributed by atoms with Gasteiger partial charge in [-0.15, -0.1) is 0 Å². The minimum absolute atomic E-state index is 0.775. The molecule has 0 aromatic carbocycles. The summed E-state index contributed by atoms with van der Waals surface area (Å²) < 4.78 is 228. The number of esters is 1. The lowest BCUT2D eigenvalue weighted by Crippen LogP contribution is -2.74. The van der Waals surface area contributed by atoms with Crippen LogP contribution in [0.25, 0.3) is 0 Å². The molecule has 0 atom stereocenters. The van der Waals surface area contributed by atoms with Gasteiger partial charge in [0.05, 0.1) is 5.57 Å². The molecule has 0 aliphatic rings. The summed E-state index contributed by atoms with van der Waals surface area (Å²) in [5, 5.41) is 8.91. The molecule has 0 aromatic heterocycles. The number of halogens is 17. The van der Waals surface area contributed by atoms with E-state index in [1.165, 1.54) is 0 Å². The van der Waals surface area contributed by atoms with E-state index in [1.807, 2.05) is 0 Å². The number of carbonyl (C=O) groups excluding carboxylic acids is 1. The SMILES string of the molecule is CCC(C(=O)O)=C(C(=O)OC(F)(F)C(F)(F)C(F)(F)C(F)(F)C(F)(F)C(F)(F)C(F)(F)C(F)(F)F)C(C)C. The van der Waals surface area contributed by atoms with Gasteiger partial charge >= 0.3 is 59.8 Å². The monoisotopic (exact) mass is 604 g/mol. The van der Waals surface area contributed by atoms with Crippen molar-refractivity contribution in [3.05, 3.63) is 11.1 Å². The number of aliphatic carboxylic acids is 1. The van der Waals surface area contributed by atoms with E-state index in [-0.39, 0.29) is 0 Å². The summed E-state index contributed by atoms with van der Waals surface area (Å²) in [5.41, 5.74) is -2.67. The second-order valence-electron chi connectivity index (χ2n) is 7.56. The van der Waals surface area contributed by atoms with Gasteiger partial charge in [0.25, 0.3) is 0 Å². The van der Waals surface area contributed by atoms with Gasteiger partial charge in [0.2, 0.25) is 0 Å². The van der Waals surface area contributed by atoms with E-state index < -0.39 is 83.2 Å². The molecule has 224 valence electrons. The number of alkyl halides is 17. The molecule has 0 saturated carbocycles. The number of hydrogen-bond acceptors (Lipinski definition) is 3. The topological polar surface area (TPSA) is 63.6 Å². The lowest BCUT2D eigenvalue weighted by atomic mass is 9.90. The van der Waals surface area contributed by atoms with E-state index in [4.69, 9.17) is 5.11 Å². The number of ether oxygens (including phenoxy) is 1. The van der Waals surface area contributed by atoms with Crippen LogP contribution in [0.15, 0.2) is 11.1 Å². The lowest BCUT2D eigenvalue weighted by molar-refractivity contribution is -0.473. The van der Waals surface area contributed by atoms with Crippen LogP contribution in [0.2, 0.25) is 0 Å². The largest absolute Gasteiger partial charge is 0.478 e. The molecule has 0 rings (SSSR count). The van der Waals surface area contributed by atoms with Gasteiger partial charge in [-0.25, -0.2) is 9.59 Å². The predicted octanol–water partition coefficient (Wildman–Crippen LogP) is 6.94. The third-order valence-electron chi connectivity index (χ3n) is 4.65. The van der Waals surface area contributed by atoms with Gasteiger partial charge in [-0.3, -0.25) is 0 Å². The Kier molecular flexibility index (Phi) is 9.25. The molecule has 0 spiro atoms. The van der Waals surface area contributed by atoms with Crippen LogP contribution >= 0.6 is 0 Å². The van der Waals surface area contributed by atoms with Gasteiger partial charge in [-0.1, -0.05) is 20.8 Å². The fourth-order valence-electron chi connectivity index (χ4n) is 2.55. The maximum Gasteiger partial charge on any atom is 0.473 e. The Morgan fingerprint density at radius 2 is 0.947 bits per heavy atom. The fourth-order valence-corrected chi connectivity index (χ4v) is 2.55. The van der Waals surface area contributed by atoms with Gasteiger partial charge < -0.3 is 9.84 Å². The number of rotatable bonds is 11. The molecule has 0 heterocycles. The highest BCUT2D eigenvalue weighted by Crippen LogP contribution is 2.64. The Morgan fingerprint density at radius 1 is 0.632 bits per heavy atom. The van der Waals surface area contributed by atoms with E-state index in [0.717, 1.165) is 20.8 Å². The number of carboxylic acid groups (broad SMARTS) is 1. The molecule has 0 aliphatic carbocycles. The van der Waals surface area contributed by atoms with E-state index >= 15 is 0 Å². The summed E-state index contributed by atoms with van der Waals surface area (Å²) in [6.07, 6.45) is -16.1. The molecule has 0 unspecified atom stereocenters. The van der Waals surface area contributed by atoms with Crippen molar-refractivity contribution in [2.24, 2.45) is 5.92 Å². The first-order valence-electron chi connectivity index (χ1n) is 9.26. The fraction of sp³-hybridized carbons (Fsp3) is 0.765. The highest BCUT2D eigenvalue weighted by Gasteiger charge is 2.96. The quantitative estimate of drug-likeness (QED) is 0.158. The zero-order valence-electron chi connectivity index (χ0n) is 18.4. The van der Waals surface area contributed by atoms with E-state index in [0.29, 0.717) is 0 Å². The maximum atomic E-state index is 13.8. The molecule has 4 nitrogen and oxygen atoms in total. The van der Waals surface area contributed by atoms with Crippen molar-refractivity contribution in [2.75, 3.05) is 0 Å². The van der Waals surface area contributed by atoms with Crippen LogP contribution in [-0.4, -0.2) is 64.9 Å². The third kappa shape index (κ3) is 5.07. The first-order chi connectivity index (χ1) is 16.3. The van der Waals surface area contributed by atoms with E-state index in [2.05, 4.69) is 4.74 Å². The average molecular weight is 604 g/mol. The summed E-state index contributed by atoms with van der Waals surface area (Å²) in [5.74, 6) is -58.1. The molecule has 0 fully saturated rings. The van der Waals surface area contributed by atoms with Crippen molar-refractivity contribution in [1.29, 1.82) is 0 Å². The Balaban J connectivity index is 6.90. The standard InChI is InChI=1S/C17H13F17O4/c1-4-6(8(35)36)7(5(2)3)9(37)38-17(33,34)15(28,29)13(24,25)11(20,21)10(18,19)12(22,23)14(26,27)16(30,31)32/h5H,4H2,1-3H3,(H,35,36). The second-order valence-corrected chi connectivity index (χ2v) is 7.56. The summed E-state index contributed by atoms with van der Waals surface area (Å²) in [6.45, 7) is 2.52. The molecule has 0 radical (unpaired) electrons. The van der Waals surface area contributed by atoms with Crippen molar-refractivity contribution >= 4 is 11.9 Å². The molecular formula is C17H13F17O4. The molecule has 0 aliphatic heterocycles. The van der Waals surface area contributed by atoms with Crippen LogP contribution in [0.4, 0.5) is 74.6 Å². The third-order valence-corrected chi connectivity index (χ3v) is 4.65. The molecule has 21 heteroatoms. The van der Waals surface area contributed by atoms with Gasteiger partial charge in [-0.2, -0.15) is 74.6 Å². The lowest BCUT2D eigenvalue weighted by Gasteiger charge is -2.42. The predicted molar refractivity (Wildman–Crippen MR) is 86.6 cm³/mol. The summed E-state index contributed by atoms with van der Waals surface area (Å²) in [4.78, 5) is 22.9. The minimum Gasteiger partial charge on any atom is -0.478 e. The van der Waals surface area contributed by atoms with Crippen molar-refractivity contribution in [3.63, 3.8) is 0 Å². The van der Waals surface area contributed by atoms with Gasteiger partial charge in [0.15, 0.2) is 0 Å². The van der Waals surface area contributed by atoms with Crippen molar-refractivity contribution in [2.45, 2.75) is 75.0 Å². The van der Waals surface area contributed by atoms with Gasteiger partial charge in [0, 0.05) is 5.57 Å². The maximum absolute atomic E-state index is 13.8.